The molecule has 1 aliphatic heterocycles. The van der Waals surface area contributed by atoms with E-state index in [0.29, 0.717) is 0 Å². The van der Waals surface area contributed by atoms with Crippen molar-refractivity contribution < 1.29 is 5.11 Å². The number of aliphatic hydroxyl groups excluding tert-OH is 1. The molecule has 1 heterocycles. The van der Waals surface area contributed by atoms with Crippen molar-refractivity contribution in [2.75, 3.05) is 13.1 Å². The minimum atomic E-state index is -0.383. The maximum Gasteiger partial charge on any atom is 0.125 e. The normalized spacial score (nSPS) is 16.3. The molecule has 3 nitrogen and oxygen atoms in total. The van der Waals surface area contributed by atoms with Crippen molar-refractivity contribution in [3.63, 3.8) is 0 Å². The van der Waals surface area contributed by atoms with Gasteiger partial charge in [0.1, 0.15) is 12.1 Å². The molecule has 0 fully saturated rings. The lowest BCUT2D eigenvalue weighted by molar-refractivity contribution is 0.0766. The van der Waals surface area contributed by atoms with Crippen LogP contribution in [0.15, 0.2) is 17.1 Å². The van der Waals surface area contributed by atoms with Crippen LogP contribution < -0.4 is 0 Å². The summed E-state index contributed by atoms with van der Waals surface area (Å²) in [6.45, 7) is 5.83. The van der Waals surface area contributed by atoms with Crippen LogP contribution in [0.3, 0.4) is 0 Å². The monoisotopic (exact) mass is 322 g/mol. The molecular formula is C20H38N2O. The van der Waals surface area contributed by atoms with E-state index in [-0.39, 0.29) is 6.23 Å². The zero-order valence-electron chi connectivity index (χ0n) is 15.5. The maximum absolute atomic E-state index is 9.67. The van der Waals surface area contributed by atoms with Crippen LogP contribution in [0.2, 0.25) is 0 Å². The van der Waals surface area contributed by atoms with Gasteiger partial charge in [0, 0.05) is 13.0 Å². The Morgan fingerprint density at radius 2 is 1.61 bits per heavy atom. The number of aliphatic imine (C=N–C) groups is 1. The molecule has 3 heteroatoms. The van der Waals surface area contributed by atoms with Gasteiger partial charge >= 0.3 is 0 Å². The van der Waals surface area contributed by atoms with Crippen LogP contribution >= 0.6 is 0 Å². The smallest absolute Gasteiger partial charge is 0.125 e. The Morgan fingerprint density at radius 3 is 2.26 bits per heavy atom. The van der Waals surface area contributed by atoms with E-state index in [1.54, 1.807) is 0 Å². The highest BCUT2D eigenvalue weighted by Crippen LogP contribution is 2.14. The van der Waals surface area contributed by atoms with E-state index in [9.17, 15) is 5.11 Å². The highest BCUT2D eigenvalue weighted by molar-refractivity contribution is 5.83. The molecule has 1 unspecified atom stereocenters. The largest absolute Gasteiger partial charge is 0.374 e. The van der Waals surface area contributed by atoms with Gasteiger partial charge in [0.05, 0.1) is 6.54 Å². The van der Waals surface area contributed by atoms with E-state index < -0.39 is 0 Å². The third-order valence-corrected chi connectivity index (χ3v) is 4.58. The first-order valence-corrected chi connectivity index (χ1v) is 9.88. The van der Waals surface area contributed by atoms with Gasteiger partial charge in [0.25, 0.3) is 0 Å². The molecule has 0 aliphatic carbocycles. The molecule has 0 bridgehead atoms. The lowest BCUT2D eigenvalue weighted by Gasteiger charge is -2.23. The molecule has 0 spiro atoms. The van der Waals surface area contributed by atoms with E-state index in [2.05, 4.69) is 24.1 Å². The number of amidine groups is 1. The highest BCUT2D eigenvalue weighted by Gasteiger charge is 2.19. The van der Waals surface area contributed by atoms with Crippen molar-refractivity contribution in [3.8, 4) is 0 Å². The predicted molar refractivity (Wildman–Crippen MR) is 101 cm³/mol. The zero-order chi connectivity index (χ0) is 16.8. The average Bonchev–Trinajstić information content (AvgIpc) is 3.00. The van der Waals surface area contributed by atoms with Crippen LogP contribution in [-0.4, -0.2) is 35.2 Å². The standard InChI is InChI=1S/C20H38N2O/c1-3-4-5-6-7-8-9-10-11-12-13-14-15-16-20-21-17-18-22(20)19(2)23/h7-8,19,23H,3-6,9-18H2,1-2H3/b8-7+. The van der Waals surface area contributed by atoms with E-state index in [4.69, 9.17) is 0 Å². The molecular weight excluding hydrogens is 284 g/mol. The predicted octanol–water partition coefficient (Wildman–Crippen LogP) is 5.30. The Labute approximate surface area is 143 Å². The number of unbranched alkanes of at least 4 members (excludes halogenated alkanes) is 9. The van der Waals surface area contributed by atoms with Crippen LogP contribution in [0.1, 0.15) is 90.9 Å². The first-order chi connectivity index (χ1) is 11.3. The minimum absolute atomic E-state index is 0.383. The Kier molecular flexibility index (Phi) is 11.9. The van der Waals surface area contributed by atoms with Crippen LogP contribution in [0, 0.1) is 0 Å². The van der Waals surface area contributed by atoms with Crippen LogP contribution in [0.5, 0.6) is 0 Å². The zero-order valence-corrected chi connectivity index (χ0v) is 15.5. The molecule has 23 heavy (non-hydrogen) atoms. The van der Waals surface area contributed by atoms with E-state index in [1.165, 1.54) is 70.6 Å². The van der Waals surface area contributed by atoms with Crippen molar-refractivity contribution in [3.05, 3.63) is 12.2 Å². The van der Waals surface area contributed by atoms with Crippen molar-refractivity contribution in [1.29, 1.82) is 0 Å². The molecule has 0 aromatic rings. The third-order valence-electron chi connectivity index (χ3n) is 4.58. The van der Waals surface area contributed by atoms with E-state index >= 15 is 0 Å². The van der Waals surface area contributed by atoms with Gasteiger partial charge in [-0.1, -0.05) is 57.6 Å². The highest BCUT2D eigenvalue weighted by atomic mass is 16.3. The van der Waals surface area contributed by atoms with Gasteiger partial charge in [-0.25, -0.2) is 0 Å². The second-order valence-electron chi connectivity index (χ2n) is 6.75. The molecule has 134 valence electrons. The van der Waals surface area contributed by atoms with Gasteiger partial charge in [-0.05, 0) is 39.0 Å². The van der Waals surface area contributed by atoms with Gasteiger partial charge in [0.2, 0.25) is 0 Å². The lowest BCUT2D eigenvalue weighted by atomic mass is 10.1. The number of allylic oxidation sites excluding steroid dienone is 2. The lowest BCUT2D eigenvalue weighted by Crippen LogP contribution is -2.35. The summed E-state index contributed by atoms with van der Waals surface area (Å²) in [5.41, 5.74) is 0. The number of nitrogens with zero attached hydrogens (tertiary/aromatic N) is 2. The number of aliphatic hydroxyl groups is 1. The average molecular weight is 323 g/mol. The van der Waals surface area contributed by atoms with Gasteiger partial charge in [-0.2, -0.15) is 0 Å². The number of hydrogen-bond donors (Lipinski definition) is 1. The van der Waals surface area contributed by atoms with Gasteiger partial charge < -0.3 is 10.0 Å². The fraction of sp³-hybridized carbons (Fsp3) is 0.850. The van der Waals surface area contributed by atoms with Crippen LogP contribution in [0.4, 0.5) is 0 Å². The summed E-state index contributed by atoms with van der Waals surface area (Å²) in [4.78, 5) is 6.54. The Hall–Kier alpha value is -0.830. The van der Waals surface area contributed by atoms with Gasteiger partial charge in [-0.15, -0.1) is 0 Å². The fourth-order valence-corrected chi connectivity index (χ4v) is 3.13. The number of rotatable bonds is 14. The second kappa shape index (κ2) is 13.6. The third kappa shape index (κ3) is 9.80. The summed E-state index contributed by atoms with van der Waals surface area (Å²) in [6, 6.07) is 0. The fourth-order valence-electron chi connectivity index (χ4n) is 3.13. The summed E-state index contributed by atoms with van der Waals surface area (Å²) in [7, 11) is 0. The van der Waals surface area contributed by atoms with Gasteiger partial charge in [0.15, 0.2) is 0 Å². The molecule has 0 aromatic carbocycles. The molecule has 1 rings (SSSR count). The van der Waals surface area contributed by atoms with Gasteiger partial charge in [-0.3, -0.25) is 4.99 Å². The summed E-state index contributed by atoms with van der Waals surface area (Å²) >= 11 is 0. The van der Waals surface area contributed by atoms with E-state index in [0.717, 1.165) is 25.3 Å². The molecule has 1 atom stereocenters. The Morgan fingerprint density at radius 1 is 1.00 bits per heavy atom. The first kappa shape index (κ1) is 20.2. The minimum Gasteiger partial charge on any atom is -0.374 e. The van der Waals surface area contributed by atoms with Crippen molar-refractivity contribution in [2.24, 2.45) is 4.99 Å². The van der Waals surface area contributed by atoms with Crippen molar-refractivity contribution >= 4 is 5.84 Å². The van der Waals surface area contributed by atoms with E-state index in [1.807, 2.05) is 11.8 Å². The summed E-state index contributed by atoms with van der Waals surface area (Å²) < 4.78 is 0. The van der Waals surface area contributed by atoms with Crippen molar-refractivity contribution in [2.45, 2.75) is 97.1 Å². The topological polar surface area (TPSA) is 35.8 Å². The molecule has 0 radical (unpaired) electrons. The Balaban J connectivity index is 1.87. The summed E-state index contributed by atoms with van der Waals surface area (Å²) in [5, 5.41) is 9.67. The number of hydrogen-bond acceptors (Lipinski definition) is 3. The quantitative estimate of drug-likeness (QED) is 0.348. The molecule has 0 aromatic heterocycles. The van der Waals surface area contributed by atoms with Crippen LogP contribution in [-0.2, 0) is 0 Å². The molecule has 0 saturated carbocycles. The summed E-state index contributed by atoms with van der Waals surface area (Å²) in [5.74, 6) is 1.12. The maximum atomic E-state index is 9.67. The second-order valence-corrected chi connectivity index (χ2v) is 6.75. The summed E-state index contributed by atoms with van der Waals surface area (Å²) in [6.07, 6.45) is 19.8. The Bertz CT molecular complexity index is 337. The molecule has 0 saturated heterocycles. The van der Waals surface area contributed by atoms with Crippen molar-refractivity contribution in [1.82, 2.24) is 4.90 Å². The molecule has 0 amide bonds. The van der Waals surface area contributed by atoms with Crippen LogP contribution in [0.25, 0.3) is 0 Å². The first-order valence-electron chi connectivity index (χ1n) is 9.88. The molecule has 1 N–H and O–H groups in total. The SMILES string of the molecule is CCCCC/C=C/CCCCCCCCC1=NCCN1C(C)O. The molecule has 1 aliphatic rings.